The molecule has 0 radical (unpaired) electrons. The molecular formula is C25H31N9O2. The number of aromatic amines is 1. The SMILES string of the molecule is Cc1ccc2[nH]ncc2c1-n1c(C)nc2c(N3CCNCC3)nc(OC[C@@H]3CCCN3C)nc2c1=O. The summed E-state index contributed by atoms with van der Waals surface area (Å²) in [5.74, 6) is 1.23. The molecule has 6 rings (SSSR count). The number of piperazine rings is 1. The maximum atomic E-state index is 14.1. The fourth-order valence-corrected chi connectivity index (χ4v) is 5.33. The van der Waals surface area contributed by atoms with Crippen LogP contribution in [-0.4, -0.2) is 87.0 Å². The maximum absolute atomic E-state index is 14.1. The van der Waals surface area contributed by atoms with Crippen molar-refractivity contribution in [1.29, 1.82) is 0 Å². The topological polar surface area (TPSA) is 117 Å². The number of hydrogen-bond acceptors (Lipinski definition) is 9. The molecule has 2 aliphatic rings. The van der Waals surface area contributed by atoms with Crippen LogP contribution < -0.4 is 20.5 Å². The van der Waals surface area contributed by atoms with Crippen LogP contribution in [-0.2, 0) is 0 Å². The summed E-state index contributed by atoms with van der Waals surface area (Å²) < 4.78 is 7.75. The van der Waals surface area contributed by atoms with Crippen LogP contribution in [0.1, 0.15) is 24.2 Å². The molecule has 0 unspecified atom stereocenters. The lowest BCUT2D eigenvalue weighted by Gasteiger charge is -2.29. The lowest BCUT2D eigenvalue weighted by Crippen LogP contribution is -2.44. The molecule has 0 aliphatic carbocycles. The Balaban J connectivity index is 1.52. The number of nitrogens with zero attached hydrogens (tertiary/aromatic N) is 7. The molecule has 3 aromatic heterocycles. The fraction of sp³-hybridized carbons (Fsp3) is 0.480. The van der Waals surface area contributed by atoms with E-state index in [1.807, 2.05) is 26.0 Å². The molecule has 11 heteroatoms. The van der Waals surface area contributed by atoms with Gasteiger partial charge in [-0.3, -0.25) is 14.5 Å². The smallest absolute Gasteiger partial charge is 0.319 e. The number of likely N-dealkylation sites (N-methyl/N-ethyl adjacent to an activating group) is 1. The molecule has 11 nitrogen and oxygen atoms in total. The van der Waals surface area contributed by atoms with Gasteiger partial charge in [-0.25, -0.2) is 4.98 Å². The average Bonchev–Trinajstić information content (AvgIpc) is 3.53. The number of rotatable bonds is 5. The fourth-order valence-electron chi connectivity index (χ4n) is 5.33. The molecule has 4 aromatic rings. The second-order valence-electron chi connectivity index (χ2n) is 9.71. The standard InChI is InChI=1S/C25H31N9O2/c1-15-6-7-19-18(13-27-31-19)22(15)34-16(2)28-20-21(24(34)35)29-25(36-14-17-5-4-10-32(17)3)30-23(20)33-11-8-26-9-12-33/h6-7,13,17,26H,4-5,8-12,14H2,1-3H3,(H,27,31)/t17-/m0/s1. The zero-order valence-electron chi connectivity index (χ0n) is 20.9. The Labute approximate surface area is 208 Å². The Morgan fingerprint density at radius 1 is 1.08 bits per heavy atom. The largest absolute Gasteiger partial charge is 0.462 e. The molecule has 1 atom stereocenters. The Kier molecular flexibility index (Phi) is 5.81. The van der Waals surface area contributed by atoms with Crippen LogP contribution in [0.3, 0.4) is 0 Å². The highest BCUT2D eigenvalue weighted by atomic mass is 16.5. The van der Waals surface area contributed by atoms with E-state index in [4.69, 9.17) is 14.7 Å². The predicted octanol–water partition coefficient (Wildman–Crippen LogP) is 1.55. The van der Waals surface area contributed by atoms with E-state index in [0.29, 0.717) is 29.8 Å². The number of H-pyrrole nitrogens is 1. The lowest BCUT2D eigenvalue weighted by atomic mass is 10.1. The summed E-state index contributed by atoms with van der Waals surface area (Å²) in [6.07, 6.45) is 3.98. The van der Waals surface area contributed by atoms with E-state index < -0.39 is 0 Å². The van der Waals surface area contributed by atoms with Crippen molar-refractivity contribution < 1.29 is 4.74 Å². The molecule has 2 saturated heterocycles. The summed E-state index contributed by atoms with van der Waals surface area (Å²) in [6.45, 7) is 8.61. The van der Waals surface area contributed by atoms with Crippen LogP contribution >= 0.6 is 0 Å². The Morgan fingerprint density at radius 2 is 1.92 bits per heavy atom. The van der Waals surface area contributed by atoms with Gasteiger partial charge >= 0.3 is 6.01 Å². The minimum Gasteiger partial charge on any atom is -0.462 e. The third kappa shape index (κ3) is 3.88. The van der Waals surface area contributed by atoms with Crippen molar-refractivity contribution in [1.82, 2.24) is 39.9 Å². The number of aryl methyl sites for hydroxylation is 2. The lowest BCUT2D eigenvalue weighted by molar-refractivity contribution is 0.188. The van der Waals surface area contributed by atoms with Crippen LogP contribution in [0.2, 0.25) is 0 Å². The van der Waals surface area contributed by atoms with Gasteiger partial charge in [-0.1, -0.05) is 6.07 Å². The van der Waals surface area contributed by atoms with Gasteiger partial charge in [0.1, 0.15) is 17.9 Å². The number of benzene rings is 1. The van der Waals surface area contributed by atoms with Crippen LogP contribution in [0.15, 0.2) is 23.1 Å². The highest BCUT2D eigenvalue weighted by molar-refractivity contribution is 5.90. The van der Waals surface area contributed by atoms with Gasteiger partial charge in [-0.2, -0.15) is 15.1 Å². The highest BCUT2D eigenvalue weighted by Gasteiger charge is 2.25. The van der Waals surface area contributed by atoms with Gasteiger partial charge in [0, 0.05) is 37.6 Å². The third-order valence-electron chi connectivity index (χ3n) is 7.36. The monoisotopic (exact) mass is 489 g/mol. The van der Waals surface area contributed by atoms with Gasteiger partial charge in [-0.15, -0.1) is 0 Å². The minimum absolute atomic E-state index is 0.226. The number of anilines is 1. The molecule has 1 aromatic carbocycles. The van der Waals surface area contributed by atoms with Crippen molar-refractivity contribution in [2.24, 2.45) is 0 Å². The Hall–Kier alpha value is -3.57. The predicted molar refractivity (Wildman–Crippen MR) is 138 cm³/mol. The highest BCUT2D eigenvalue weighted by Crippen LogP contribution is 2.28. The van der Waals surface area contributed by atoms with Crippen LogP contribution in [0.25, 0.3) is 27.6 Å². The van der Waals surface area contributed by atoms with E-state index >= 15 is 0 Å². The van der Waals surface area contributed by atoms with Gasteiger partial charge in [0.05, 0.1) is 17.4 Å². The third-order valence-corrected chi connectivity index (χ3v) is 7.36. The molecular weight excluding hydrogens is 458 g/mol. The molecule has 2 aliphatic heterocycles. The summed E-state index contributed by atoms with van der Waals surface area (Å²) in [4.78, 5) is 32.8. The van der Waals surface area contributed by atoms with Crippen molar-refractivity contribution in [2.45, 2.75) is 32.7 Å². The molecule has 2 N–H and O–H groups in total. The first-order valence-corrected chi connectivity index (χ1v) is 12.5. The number of ether oxygens (including phenoxy) is 1. The first-order valence-electron chi connectivity index (χ1n) is 12.5. The van der Waals surface area contributed by atoms with Gasteiger partial charge in [0.2, 0.25) is 0 Å². The molecule has 2 fully saturated rings. The molecule has 0 bridgehead atoms. The van der Waals surface area contributed by atoms with Gasteiger partial charge in [-0.05, 0) is 51.9 Å². The van der Waals surface area contributed by atoms with Crippen molar-refractivity contribution >= 4 is 27.8 Å². The minimum atomic E-state index is -0.240. The zero-order chi connectivity index (χ0) is 24.8. The first-order chi connectivity index (χ1) is 17.5. The van der Waals surface area contributed by atoms with Crippen molar-refractivity contribution in [3.63, 3.8) is 0 Å². The molecule has 5 heterocycles. The number of hydrogen-bond donors (Lipinski definition) is 2. The Bertz CT molecular complexity index is 1490. The summed E-state index contributed by atoms with van der Waals surface area (Å²) >= 11 is 0. The van der Waals surface area contributed by atoms with Crippen molar-refractivity contribution in [2.75, 3.05) is 51.3 Å². The molecule has 0 spiro atoms. The molecule has 0 amide bonds. The maximum Gasteiger partial charge on any atom is 0.319 e. The molecule has 188 valence electrons. The van der Waals surface area contributed by atoms with E-state index in [0.717, 1.165) is 67.7 Å². The van der Waals surface area contributed by atoms with Crippen molar-refractivity contribution in [3.05, 3.63) is 40.1 Å². The van der Waals surface area contributed by atoms with Gasteiger partial charge in [0.25, 0.3) is 5.56 Å². The Morgan fingerprint density at radius 3 is 2.69 bits per heavy atom. The van der Waals surface area contributed by atoms with Crippen LogP contribution in [0, 0.1) is 13.8 Å². The summed E-state index contributed by atoms with van der Waals surface area (Å²) in [7, 11) is 2.11. The van der Waals surface area contributed by atoms with E-state index in [-0.39, 0.29) is 17.1 Å². The van der Waals surface area contributed by atoms with Crippen molar-refractivity contribution in [3.8, 4) is 11.7 Å². The number of fused-ring (bicyclic) bond motifs is 2. The zero-order valence-corrected chi connectivity index (χ0v) is 20.9. The number of nitrogens with one attached hydrogen (secondary N) is 2. The van der Waals surface area contributed by atoms with E-state index in [1.165, 1.54) is 0 Å². The van der Waals surface area contributed by atoms with E-state index in [9.17, 15) is 4.79 Å². The van der Waals surface area contributed by atoms with Crippen LogP contribution in [0.5, 0.6) is 6.01 Å². The quantitative estimate of drug-likeness (QED) is 0.431. The number of aromatic nitrogens is 6. The van der Waals surface area contributed by atoms with E-state index in [1.54, 1.807) is 10.8 Å². The second kappa shape index (κ2) is 9.14. The van der Waals surface area contributed by atoms with Gasteiger partial charge in [0.15, 0.2) is 11.3 Å². The summed E-state index contributed by atoms with van der Waals surface area (Å²) in [6, 6.07) is 4.49. The van der Waals surface area contributed by atoms with E-state index in [2.05, 4.69) is 37.3 Å². The number of likely N-dealkylation sites (tertiary alicyclic amines) is 1. The summed E-state index contributed by atoms with van der Waals surface area (Å²) in [5, 5.41) is 11.4. The second-order valence-corrected chi connectivity index (χ2v) is 9.71. The van der Waals surface area contributed by atoms with Crippen LogP contribution in [0.4, 0.5) is 5.82 Å². The normalized spacial score (nSPS) is 19.0. The first kappa shape index (κ1) is 22.9. The molecule has 36 heavy (non-hydrogen) atoms. The molecule has 0 saturated carbocycles. The average molecular weight is 490 g/mol. The summed E-state index contributed by atoms with van der Waals surface area (Å²) in [5.41, 5.74) is 3.10. The van der Waals surface area contributed by atoms with Gasteiger partial charge < -0.3 is 19.9 Å².